The van der Waals surface area contributed by atoms with Crippen molar-refractivity contribution < 1.29 is 43.2 Å². The van der Waals surface area contributed by atoms with Crippen LogP contribution in [0.3, 0.4) is 0 Å². The molecule has 5 rings (SSSR count). The lowest BCUT2D eigenvalue weighted by atomic mass is 9.86. The molecule has 5 N–H and O–H groups in total. The normalized spacial score (nSPS) is 19.6. The van der Waals surface area contributed by atoms with Crippen LogP contribution >= 0.6 is 0 Å². The summed E-state index contributed by atoms with van der Waals surface area (Å²) in [5.74, 6) is -0.738. The summed E-state index contributed by atoms with van der Waals surface area (Å²) in [7, 11) is 1.22. The van der Waals surface area contributed by atoms with Gasteiger partial charge in [0.05, 0.1) is 38.4 Å². The molecule has 2 saturated heterocycles. The minimum absolute atomic E-state index is 0.0678. The van der Waals surface area contributed by atoms with E-state index in [2.05, 4.69) is 21.4 Å². The molecule has 2 aliphatic rings. The van der Waals surface area contributed by atoms with E-state index in [0.717, 1.165) is 22.3 Å². The van der Waals surface area contributed by atoms with Crippen LogP contribution in [-0.2, 0) is 41.5 Å². The summed E-state index contributed by atoms with van der Waals surface area (Å²) in [4.78, 5) is 50.9. The summed E-state index contributed by atoms with van der Waals surface area (Å²) < 4.78 is 21.8. The largest absolute Gasteiger partial charge is 0.453 e. The van der Waals surface area contributed by atoms with Gasteiger partial charge in [0.25, 0.3) is 5.91 Å². The topological polar surface area (TPSA) is 177 Å². The standard InChI is InChI=1S/C40H51N5O9/c1-25(46)41-30-13-9-12-29(21-30)28-16-14-26(15-17-28)20-32(42-39(50)54-34-24-53-37-31(34)18-19-52-37)33(47)23-45(22-27-10-7-6-8-11-27)44-36(48)35(40(2,3)4)43-38(49)51-5/h6-17,21,31-35,37,47H,18-20,22-24H2,1-5H3,(H,41,46)(H,42,50)(H,43,49)(H,44,48). The van der Waals surface area contributed by atoms with Crippen molar-refractivity contribution in [3.63, 3.8) is 0 Å². The molecule has 3 aromatic carbocycles. The van der Waals surface area contributed by atoms with Crippen molar-refractivity contribution in [3.05, 3.63) is 90.0 Å². The van der Waals surface area contributed by atoms with Gasteiger partial charge in [0.15, 0.2) is 6.29 Å². The Hall–Kier alpha value is -5.02. The zero-order valence-electron chi connectivity index (χ0n) is 31.4. The van der Waals surface area contributed by atoms with Crippen LogP contribution in [0.1, 0.15) is 45.2 Å². The molecule has 0 bridgehead atoms. The average Bonchev–Trinajstić information content (AvgIpc) is 3.75. The van der Waals surface area contributed by atoms with Crippen LogP contribution in [-0.4, -0.2) is 91.6 Å². The molecule has 0 spiro atoms. The van der Waals surface area contributed by atoms with E-state index in [1.54, 1.807) is 5.01 Å². The van der Waals surface area contributed by atoms with Crippen molar-refractivity contribution in [2.24, 2.45) is 11.3 Å². The van der Waals surface area contributed by atoms with Gasteiger partial charge in [0, 0.05) is 25.7 Å². The monoisotopic (exact) mass is 745 g/mol. The number of methoxy groups -OCH3 is 1. The number of nitrogens with zero attached hydrogens (tertiary/aromatic N) is 1. The number of fused-ring (bicyclic) bond motifs is 1. The second-order valence-electron chi connectivity index (χ2n) is 14.7. The van der Waals surface area contributed by atoms with Crippen molar-refractivity contribution in [1.82, 2.24) is 21.1 Å². The highest BCUT2D eigenvalue weighted by Crippen LogP contribution is 2.33. The molecule has 14 nitrogen and oxygen atoms in total. The molecule has 4 amide bonds. The second-order valence-corrected chi connectivity index (χ2v) is 14.7. The number of ether oxygens (including phenoxy) is 4. The lowest BCUT2D eigenvalue weighted by molar-refractivity contribution is -0.131. The maximum absolute atomic E-state index is 13.7. The van der Waals surface area contributed by atoms with Crippen LogP contribution in [0.25, 0.3) is 11.1 Å². The van der Waals surface area contributed by atoms with E-state index in [1.807, 2.05) is 99.6 Å². The molecule has 3 aromatic rings. The van der Waals surface area contributed by atoms with E-state index in [0.29, 0.717) is 18.7 Å². The van der Waals surface area contributed by atoms with Crippen LogP contribution in [0.5, 0.6) is 0 Å². The number of hydrogen-bond acceptors (Lipinski definition) is 10. The summed E-state index contributed by atoms with van der Waals surface area (Å²) >= 11 is 0. The highest BCUT2D eigenvalue weighted by molar-refractivity contribution is 5.89. The number of benzene rings is 3. The molecule has 2 aliphatic heterocycles. The highest BCUT2D eigenvalue weighted by atomic mass is 16.7. The lowest BCUT2D eigenvalue weighted by Gasteiger charge is -2.34. The third-order valence-electron chi connectivity index (χ3n) is 9.40. The Bertz CT molecular complexity index is 1730. The quantitative estimate of drug-likeness (QED) is 0.149. The summed E-state index contributed by atoms with van der Waals surface area (Å²) in [6.07, 6.45) is -2.63. The van der Waals surface area contributed by atoms with E-state index < -0.39 is 54.1 Å². The molecular formula is C40H51N5O9. The van der Waals surface area contributed by atoms with Gasteiger partial charge >= 0.3 is 12.2 Å². The van der Waals surface area contributed by atoms with Gasteiger partial charge in [-0.1, -0.05) is 87.5 Å². The van der Waals surface area contributed by atoms with Crippen LogP contribution in [0.2, 0.25) is 0 Å². The molecular weight excluding hydrogens is 694 g/mol. The molecule has 54 heavy (non-hydrogen) atoms. The zero-order chi connectivity index (χ0) is 38.8. The zero-order valence-corrected chi connectivity index (χ0v) is 31.4. The number of rotatable bonds is 14. The predicted molar refractivity (Wildman–Crippen MR) is 201 cm³/mol. The number of nitrogens with one attached hydrogen (secondary N) is 4. The summed E-state index contributed by atoms with van der Waals surface area (Å²) in [5, 5.41) is 21.7. The van der Waals surface area contributed by atoms with Crippen molar-refractivity contribution in [2.45, 2.75) is 77.7 Å². The van der Waals surface area contributed by atoms with Gasteiger partial charge in [-0.15, -0.1) is 0 Å². The SMILES string of the molecule is COC(=O)NC(C(=O)NN(Cc1ccccc1)CC(O)C(Cc1ccc(-c2cccc(NC(C)=O)c2)cc1)NC(=O)OC1COC2OCCC12)C(C)(C)C. The number of alkyl carbamates (subject to hydrolysis) is 2. The molecule has 2 fully saturated rings. The molecule has 0 aromatic heterocycles. The van der Waals surface area contributed by atoms with E-state index in [9.17, 15) is 24.3 Å². The fourth-order valence-electron chi connectivity index (χ4n) is 6.60. The Kier molecular flexibility index (Phi) is 13.6. The van der Waals surface area contributed by atoms with Crippen LogP contribution < -0.4 is 21.4 Å². The van der Waals surface area contributed by atoms with E-state index >= 15 is 0 Å². The van der Waals surface area contributed by atoms with Gasteiger partial charge in [0.1, 0.15) is 12.1 Å². The van der Waals surface area contributed by atoms with Crippen molar-refractivity contribution >= 4 is 29.7 Å². The maximum atomic E-state index is 13.7. The third kappa shape index (κ3) is 11.2. The van der Waals surface area contributed by atoms with E-state index in [-0.39, 0.29) is 37.9 Å². The van der Waals surface area contributed by atoms with E-state index in [1.165, 1.54) is 14.0 Å². The summed E-state index contributed by atoms with van der Waals surface area (Å²) in [5.41, 5.74) is 6.38. The number of amides is 4. The van der Waals surface area contributed by atoms with Gasteiger partial charge in [-0.2, -0.15) is 0 Å². The van der Waals surface area contributed by atoms with E-state index in [4.69, 9.17) is 18.9 Å². The smallest absolute Gasteiger partial charge is 0.407 e. The minimum atomic E-state index is -1.21. The van der Waals surface area contributed by atoms with Crippen LogP contribution in [0, 0.1) is 11.3 Å². The Labute approximate surface area is 315 Å². The van der Waals surface area contributed by atoms with Crippen molar-refractivity contribution in [3.8, 4) is 11.1 Å². The molecule has 290 valence electrons. The van der Waals surface area contributed by atoms with Crippen molar-refractivity contribution in [2.75, 3.05) is 32.2 Å². The van der Waals surface area contributed by atoms with Gasteiger partial charge in [-0.25, -0.2) is 14.6 Å². The van der Waals surface area contributed by atoms with Gasteiger partial charge in [-0.3, -0.25) is 15.0 Å². The Morgan fingerprint density at radius 3 is 2.33 bits per heavy atom. The predicted octanol–water partition coefficient (Wildman–Crippen LogP) is 4.38. The van der Waals surface area contributed by atoms with Crippen LogP contribution in [0.15, 0.2) is 78.9 Å². The fraction of sp³-hybridized carbons (Fsp3) is 0.450. The Balaban J connectivity index is 1.36. The van der Waals surface area contributed by atoms with Gasteiger partial charge < -0.3 is 40.0 Å². The molecule has 0 radical (unpaired) electrons. The van der Waals surface area contributed by atoms with Gasteiger partial charge in [-0.05, 0) is 52.6 Å². The highest BCUT2D eigenvalue weighted by Gasteiger charge is 2.44. The number of anilines is 1. The number of carbonyl (C=O) groups is 4. The minimum Gasteiger partial charge on any atom is -0.453 e. The first-order valence-corrected chi connectivity index (χ1v) is 18.1. The number of hydrogen-bond donors (Lipinski definition) is 5. The third-order valence-corrected chi connectivity index (χ3v) is 9.40. The molecule has 14 heteroatoms. The first-order valence-electron chi connectivity index (χ1n) is 18.1. The van der Waals surface area contributed by atoms with Crippen LogP contribution in [0.4, 0.5) is 15.3 Å². The number of carbonyl (C=O) groups excluding carboxylic acids is 4. The molecule has 0 saturated carbocycles. The first kappa shape index (κ1) is 40.2. The molecule has 6 unspecified atom stereocenters. The maximum Gasteiger partial charge on any atom is 0.407 e. The molecule has 6 atom stereocenters. The summed E-state index contributed by atoms with van der Waals surface area (Å²) in [6.45, 7) is 7.76. The number of aliphatic hydroxyl groups excluding tert-OH is 1. The lowest BCUT2D eigenvalue weighted by Crippen LogP contribution is -2.59. The Morgan fingerprint density at radius 2 is 1.65 bits per heavy atom. The Morgan fingerprint density at radius 1 is 0.907 bits per heavy atom. The molecule has 2 heterocycles. The van der Waals surface area contributed by atoms with Gasteiger partial charge in [0.2, 0.25) is 5.91 Å². The first-order chi connectivity index (χ1) is 25.8. The fourth-order valence-corrected chi connectivity index (χ4v) is 6.60. The number of aliphatic hydroxyl groups is 1. The molecule has 0 aliphatic carbocycles. The van der Waals surface area contributed by atoms with Crippen molar-refractivity contribution in [1.29, 1.82) is 0 Å². The number of hydrazine groups is 1. The summed E-state index contributed by atoms with van der Waals surface area (Å²) in [6, 6.07) is 22.8. The second kappa shape index (κ2) is 18.3. The average molecular weight is 746 g/mol.